The highest BCUT2D eigenvalue weighted by Crippen LogP contribution is 2.25. The van der Waals surface area contributed by atoms with Crippen LogP contribution in [0, 0.1) is 10.1 Å². The lowest BCUT2D eigenvalue weighted by Gasteiger charge is -2.34. The Hall–Kier alpha value is -4.92. The van der Waals surface area contributed by atoms with Crippen molar-refractivity contribution in [3.8, 4) is 5.75 Å². The van der Waals surface area contributed by atoms with Crippen molar-refractivity contribution in [2.75, 3.05) is 37.5 Å². The number of benzene rings is 2. The van der Waals surface area contributed by atoms with Crippen LogP contribution in [0.2, 0.25) is 0 Å². The molecule has 0 spiro atoms. The minimum Gasteiger partial charge on any atom is -0.507 e. The topological polar surface area (TPSA) is 190 Å². The van der Waals surface area contributed by atoms with Gasteiger partial charge in [-0.15, -0.1) is 0 Å². The molecule has 14 nitrogen and oxygen atoms in total. The molecule has 204 valence electrons. The number of phenols is 1. The highest BCUT2D eigenvalue weighted by molar-refractivity contribution is 7.92. The van der Waals surface area contributed by atoms with Gasteiger partial charge in [-0.1, -0.05) is 0 Å². The van der Waals surface area contributed by atoms with Crippen molar-refractivity contribution in [2.24, 2.45) is 0 Å². The highest BCUT2D eigenvalue weighted by Gasteiger charge is 2.27. The lowest BCUT2D eigenvalue weighted by molar-refractivity contribution is -0.384. The minimum absolute atomic E-state index is 0.0364. The van der Waals surface area contributed by atoms with Gasteiger partial charge in [-0.2, -0.15) is 0 Å². The van der Waals surface area contributed by atoms with Crippen molar-refractivity contribution in [3.63, 3.8) is 0 Å². The number of carbonyl (C=O) groups is 3. The van der Waals surface area contributed by atoms with E-state index in [1.807, 2.05) is 0 Å². The van der Waals surface area contributed by atoms with Crippen molar-refractivity contribution < 1.29 is 42.0 Å². The van der Waals surface area contributed by atoms with E-state index < -0.39 is 49.6 Å². The largest absolute Gasteiger partial charge is 0.507 e. The minimum atomic E-state index is -4.25. The molecule has 0 aliphatic carbocycles. The van der Waals surface area contributed by atoms with Crippen LogP contribution < -0.4 is 4.72 Å². The molecule has 0 unspecified atom stereocenters. The molecule has 15 heteroatoms. The lowest BCUT2D eigenvalue weighted by Crippen LogP contribution is -2.51. The van der Waals surface area contributed by atoms with Gasteiger partial charge in [0.25, 0.3) is 27.5 Å². The van der Waals surface area contributed by atoms with Crippen LogP contribution in [0.5, 0.6) is 5.75 Å². The van der Waals surface area contributed by atoms with Crippen LogP contribution in [0.25, 0.3) is 0 Å². The van der Waals surface area contributed by atoms with E-state index in [1.54, 1.807) is 12.1 Å². The van der Waals surface area contributed by atoms with Gasteiger partial charge in [0.1, 0.15) is 11.3 Å². The monoisotopic (exact) mass is 558 g/mol. The van der Waals surface area contributed by atoms with Gasteiger partial charge in [0.2, 0.25) is 0 Å². The molecule has 1 saturated heterocycles. The number of phenolic OH excluding ortho intramolecular Hbond substituents is 1. The van der Waals surface area contributed by atoms with Gasteiger partial charge in [-0.05, 0) is 42.5 Å². The summed E-state index contributed by atoms with van der Waals surface area (Å²) in [5, 5.41) is 20.9. The predicted octanol–water partition coefficient (Wildman–Crippen LogP) is 1.84. The Balaban J connectivity index is 1.35. The fourth-order valence-corrected chi connectivity index (χ4v) is 4.81. The number of furan rings is 1. The summed E-state index contributed by atoms with van der Waals surface area (Å²) in [5.41, 5.74) is -0.677. The van der Waals surface area contributed by atoms with E-state index in [1.165, 1.54) is 28.2 Å². The summed E-state index contributed by atoms with van der Waals surface area (Å²) < 4.78 is 37.8. The zero-order valence-electron chi connectivity index (χ0n) is 20.2. The van der Waals surface area contributed by atoms with E-state index in [2.05, 4.69) is 4.72 Å². The molecule has 1 fully saturated rings. The zero-order chi connectivity index (χ0) is 28.2. The first-order valence-electron chi connectivity index (χ1n) is 11.4. The lowest BCUT2D eigenvalue weighted by atomic mass is 10.2. The Labute approximate surface area is 221 Å². The summed E-state index contributed by atoms with van der Waals surface area (Å²) in [7, 11) is -4.25. The van der Waals surface area contributed by atoms with E-state index in [-0.39, 0.29) is 49.2 Å². The van der Waals surface area contributed by atoms with Crippen LogP contribution >= 0.6 is 0 Å². The number of carbonyl (C=O) groups excluding carboxylic acids is 3. The normalized spacial score (nSPS) is 13.5. The second kappa shape index (κ2) is 11.2. The number of rotatable bonds is 8. The molecule has 1 aliphatic rings. The van der Waals surface area contributed by atoms with Crippen molar-refractivity contribution >= 4 is 39.2 Å². The summed E-state index contributed by atoms with van der Waals surface area (Å²) in [6.07, 6.45) is 1.39. The Kier molecular flexibility index (Phi) is 7.80. The number of ether oxygens (including phenoxy) is 1. The average molecular weight is 559 g/mol. The number of nitro benzene ring substituents is 1. The van der Waals surface area contributed by atoms with Gasteiger partial charge in [0, 0.05) is 44.0 Å². The summed E-state index contributed by atoms with van der Waals surface area (Å²) in [4.78, 5) is 50.1. The maximum atomic E-state index is 12.8. The molecule has 1 aliphatic heterocycles. The summed E-state index contributed by atoms with van der Waals surface area (Å²) in [6.45, 7) is 0.248. The Morgan fingerprint density at radius 2 is 1.69 bits per heavy atom. The van der Waals surface area contributed by atoms with Crippen LogP contribution in [0.3, 0.4) is 0 Å². The Morgan fingerprint density at radius 3 is 2.31 bits per heavy atom. The molecule has 0 saturated carbocycles. The number of anilines is 1. The second-order valence-electron chi connectivity index (χ2n) is 8.31. The first-order chi connectivity index (χ1) is 18.5. The van der Waals surface area contributed by atoms with Gasteiger partial charge in [-0.25, -0.2) is 13.2 Å². The molecule has 0 radical (unpaired) electrons. The van der Waals surface area contributed by atoms with Crippen LogP contribution in [0.1, 0.15) is 20.9 Å². The Bertz CT molecular complexity index is 1500. The third-order valence-electron chi connectivity index (χ3n) is 5.81. The number of aromatic hydroxyl groups is 1. The summed E-state index contributed by atoms with van der Waals surface area (Å²) in [6, 6.07) is 10.7. The number of nitro groups is 1. The van der Waals surface area contributed by atoms with Gasteiger partial charge < -0.3 is 24.1 Å². The number of hydrogen-bond donors (Lipinski definition) is 2. The van der Waals surface area contributed by atoms with E-state index >= 15 is 0 Å². The Morgan fingerprint density at radius 1 is 1.03 bits per heavy atom. The van der Waals surface area contributed by atoms with E-state index in [0.29, 0.717) is 0 Å². The predicted molar refractivity (Wildman–Crippen MR) is 133 cm³/mol. The molecule has 2 amide bonds. The van der Waals surface area contributed by atoms with Gasteiger partial charge in [0.05, 0.1) is 16.1 Å². The number of hydrogen-bond acceptors (Lipinski definition) is 10. The number of amides is 2. The van der Waals surface area contributed by atoms with E-state index in [0.717, 1.165) is 30.3 Å². The number of piperazine rings is 1. The first-order valence-corrected chi connectivity index (χ1v) is 12.9. The molecule has 3 aromatic rings. The third-order valence-corrected chi connectivity index (χ3v) is 7.19. The van der Waals surface area contributed by atoms with E-state index in [9.17, 15) is 38.0 Å². The molecule has 4 rings (SSSR count). The molecular weight excluding hydrogens is 536 g/mol. The molecule has 2 N–H and O–H groups in total. The van der Waals surface area contributed by atoms with Crippen molar-refractivity contribution in [1.29, 1.82) is 0 Å². The van der Waals surface area contributed by atoms with Crippen LogP contribution in [-0.4, -0.2) is 78.8 Å². The van der Waals surface area contributed by atoms with Crippen molar-refractivity contribution in [2.45, 2.75) is 4.90 Å². The molecule has 2 aromatic carbocycles. The maximum Gasteiger partial charge on any atom is 0.342 e. The molecule has 1 aromatic heterocycles. The average Bonchev–Trinajstić information content (AvgIpc) is 3.46. The molecule has 2 heterocycles. The molecular formula is C24H22N4O10S. The number of nitrogens with one attached hydrogen (secondary N) is 1. The van der Waals surface area contributed by atoms with Crippen LogP contribution in [-0.2, 0) is 19.6 Å². The summed E-state index contributed by atoms with van der Waals surface area (Å²) >= 11 is 0. The highest BCUT2D eigenvalue weighted by atomic mass is 32.2. The van der Waals surface area contributed by atoms with Gasteiger partial charge in [-0.3, -0.25) is 24.4 Å². The van der Waals surface area contributed by atoms with Crippen LogP contribution in [0.15, 0.2) is 70.2 Å². The van der Waals surface area contributed by atoms with Crippen molar-refractivity contribution in [3.05, 3.63) is 82.3 Å². The van der Waals surface area contributed by atoms with Crippen LogP contribution in [0.4, 0.5) is 11.4 Å². The fourth-order valence-electron chi connectivity index (χ4n) is 3.72. The first kappa shape index (κ1) is 27.1. The summed E-state index contributed by atoms with van der Waals surface area (Å²) in [5.74, 6) is -2.33. The number of non-ortho nitro benzene ring substituents is 1. The quantitative estimate of drug-likeness (QED) is 0.234. The van der Waals surface area contributed by atoms with Gasteiger partial charge in [0.15, 0.2) is 12.4 Å². The number of esters is 1. The van der Waals surface area contributed by atoms with E-state index in [4.69, 9.17) is 9.15 Å². The number of sulfonamides is 1. The maximum absolute atomic E-state index is 12.8. The SMILES string of the molecule is O=C(OCC(=O)N1CCN(C(=O)c2ccco2)CC1)c1cc(S(=O)(=O)Nc2ccc([N+](=O)[O-])cc2)ccc1O. The van der Waals surface area contributed by atoms with Crippen molar-refractivity contribution in [1.82, 2.24) is 9.80 Å². The van der Waals surface area contributed by atoms with Gasteiger partial charge >= 0.3 is 5.97 Å². The molecule has 0 atom stereocenters. The third kappa shape index (κ3) is 6.32. The standard InChI is InChI=1S/C24H22N4O10S/c29-20-8-7-18(39(35,36)25-16-3-5-17(6-4-16)28(33)34)14-19(20)24(32)38-15-22(30)26-9-11-27(12-10-26)23(31)21-2-1-13-37-21/h1-8,13-14,25,29H,9-12,15H2. The molecule has 0 bridgehead atoms. The second-order valence-corrected chi connectivity index (χ2v) is 10.00. The fraction of sp³-hybridized carbons (Fsp3) is 0.208. The molecule has 39 heavy (non-hydrogen) atoms. The smallest absolute Gasteiger partial charge is 0.342 e. The number of nitrogens with zero attached hydrogens (tertiary/aromatic N) is 3. The zero-order valence-corrected chi connectivity index (χ0v) is 21.0.